The second-order valence-electron chi connectivity index (χ2n) is 32.1. The lowest BCUT2D eigenvalue weighted by Crippen LogP contribution is -2.41. The quantitative estimate of drug-likeness (QED) is 0.152. The maximum absolute atomic E-state index is 6.59. The molecule has 3 heterocycles. The van der Waals surface area contributed by atoms with E-state index >= 15 is 0 Å². The average Bonchev–Trinajstić information content (AvgIpc) is 1.50. The van der Waals surface area contributed by atoms with E-state index in [9.17, 15) is 0 Å². The van der Waals surface area contributed by atoms with Gasteiger partial charge in [0.25, 0.3) is 0 Å². The van der Waals surface area contributed by atoms with Gasteiger partial charge in [0.1, 0.15) is 0 Å². The molecule has 2 atom stereocenters. The van der Waals surface area contributed by atoms with Gasteiger partial charge in [0, 0.05) is 27.8 Å². The molecule has 7 aliphatic rings. The van der Waals surface area contributed by atoms with Crippen molar-refractivity contribution in [3.63, 3.8) is 0 Å². The maximum atomic E-state index is 6.59. The lowest BCUT2D eigenvalue weighted by Gasteiger charge is -2.32. The molecule has 1 aliphatic heterocycles. The highest BCUT2D eigenvalue weighted by Gasteiger charge is 2.57. The van der Waals surface area contributed by atoms with Crippen LogP contribution in [0.3, 0.4) is 0 Å². The number of hydrogen-bond donors (Lipinski definition) is 0. The standard InChI is InChI=1S/C50H29N3.C41H31BO2.C15H10ClN3/c1-3-14-30(15-4-1)47-51-48(31-16-5-2-6-17-31)53-49(52-47)32-26-27-36-35-20-9-11-24-41(35)50(43(36)28-32)42-25-12-10-21-38(42)46-39-23-13-22-37-33-18-7-8-19-34(33)40(45(37)39)29-44(46)50;1-39(2)40(3,4)44-42(43-39)24-20-21-28-27-14-7-9-18-33(27)41(35(28)22-24)34-19-10-8-15-30(34)38-31-17-11-16-29-25-12-5-6-13-26(25)32(37(29)31)23-36(38)41;16-15-18-13(11-7-3-1-4-8-11)17-14(19-15)12-9-5-2-6-10-12/h1-29H;5-23H,1-4H3;1-10H. The average molecular weight is 1510 g/mol. The predicted molar refractivity (Wildman–Crippen MR) is 470 cm³/mol. The topological polar surface area (TPSA) is 95.8 Å². The Morgan fingerprint density at radius 1 is 0.233 bits per heavy atom. The fraction of sp³-hybridized carbons (Fsp3) is 0.0755. The van der Waals surface area contributed by atoms with Gasteiger partial charge >= 0.3 is 7.12 Å². The number of fused-ring (bicyclic) bond motifs is 28. The van der Waals surface area contributed by atoms with E-state index in [0.717, 1.165) is 33.3 Å². The highest BCUT2D eigenvalue weighted by atomic mass is 35.5. The Morgan fingerprint density at radius 3 is 0.940 bits per heavy atom. The first kappa shape index (κ1) is 68.0. The van der Waals surface area contributed by atoms with E-state index in [1.165, 1.54) is 155 Å². The summed E-state index contributed by atoms with van der Waals surface area (Å²) in [6.07, 6.45) is 0. The monoisotopic (exact) mass is 1500 g/mol. The lowest BCUT2D eigenvalue weighted by atomic mass is 9.68. The molecule has 0 N–H and O–H groups in total. The van der Waals surface area contributed by atoms with Crippen molar-refractivity contribution in [3.8, 4) is 146 Å². The highest BCUT2D eigenvalue weighted by molar-refractivity contribution is 6.62. The van der Waals surface area contributed by atoms with Gasteiger partial charge in [-0.05, 0) is 218 Å². The van der Waals surface area contributed by atoms with Gasteiger partial charge in [0.15, 0.2) is 29.1 Å². The summed E-state index contributed by atoms with van der Waals surface area (Å²) in [5.74, 6) is 3.15. The van der Waals surface area contributed by atoms with E-state index in [-0.39, 0.29) is 5.28 Å². The Balaban J connectivity index is 0.000000113. The van der Waals surface area contributed by atoms with Crippen molar-refractivity contribution in [2.45, 2.75) is 49.7 Å². The predicted octanol–water partition coefficient (Wildman–Crippen LogP) is 25.0. The van der Waals surface area contributed by atoms with Gasteiger partial charge in [-0.3, -0.25) is 0 Å². The first-order valence-corrected chi connectivity index (χ1v) is 40.1. The number of aromatic nitrogens is 6. The molecule has 2 unspecified atom stereocenters. The van der Waals surface area contributed by atoms with Crippen LogP contribution in [0.5, 0.6) is 0 Å². The van der Waals surface area contributed by atoms with Gasteiger partial charge in [-0.25, -0.2) is 19.9 Å². The Hall–Kier alpha value is -13.7. The molecule has 546 valence electrons. The van der Waals surface area contributed by atoms with Crippen LogP contribution in [0.1, 0.15) is 72.2 Å². The SMILES string of the molecule is CC1(C)OB(c2ccc3c(c2)C2(c4ccccc4-3)c3ccccc3-c3c2cc2c4c(cccc34)-c3ccccc3-2)OC1(C)C.Clc1nc(-c2ccccc2)nc(-c2ccccc2)n1.c1ccc(-c2nc(-c3ccccc3)nc(-c3ccc4c(c3)C3(c5ccccc5-4)c4ccccc4-c4c3cc3c5c(cccc45)-c4ccccc4-3)n2)cc1. The van der Waals surface area contributed by atoms with Crippen LogP contribution in [0.25, 0.3) is 167 Å². The normalized spacial score (nSPS) is 16.4. The van der Waals surface area contributed by atoms with Crippen LogP contribution in [0.4, 0.5) is 0 Å². The molecule has 2 spiro atoms. The van der Waals surface area contributed by atoms with Crippen LogP contribution in [-0.4, -0.2) is 48.2 Å². The van der Waals surface area contributed by atoms with E-state index in [4.69, 9.17) is 35.9 Å². The van der Waals surface area contributed by atoms with Crippen molar-refractivity contribution in [1.29, 1.82) is 0 Å². The van der Waals surface area contributed by atoms with E-state index in [1.807, 2.05) is 97.1 Å². The Kier molecular flexibility index (Phi) is 15.0. The zero-order valence-corrected chi connectivity index (χ0v) is 64.7. The summed E-state index contributed by atoms with van der Waals surface area (Å²) in [6.45, 7) is 8.51. The summed E-state index contributed by atoms with van der Waals surface area (Å²) in [4.78, 5) is 28.1. The Labute approximate surface area is 677 Å². The molecule has 0 radical (unpaired) electrons. The van der Waals surface area contributed by atoms with E-state index in [1.54, 1.807) is 0 Å². The van der Waals surface area contributed by atoms with Crippen molar-refractivity contribution in [2.75, 3.05) is 0 Å². The Morgan fingerprint density at radius 2 is 0.534 bits per heavy atom. The number of nitrogens with zero attached hydrogens (tertiary/aromatic N) is 6. The summed E-state index contributed by atoms with van der Waals surface area (Å²) >= 11 is 5.99. The minimum Gasteiger partial charge on any atom is -0.399 e. The van der Waals surface area contributed by atoms with Crippen LogP contribution in [0.15, 0.2) is 352 Å². The first-order chi connectivity index (χ1) is 56.9. The number of hydrogen-bond acceptors (Lipinski definition) is 8. The summed E-state index contributed by atoms with van der Waals surface area (Å²) in [7, 11) is -0.425. The van der Waals surface area contributed by atoms with Crippen molar-refractivity contribution >= 4 is 45.7 Å². The lowest BCUT2D eigenvalue weighted by molar-refractivity contribution is 0.00578. The second-order valence-corrected chi connectivity index (χ2v) is 32.4. The fourth-order valence-corrected chi connectivity index (χ4v) is 20.1. The molecular weight excluding hydrogens is 1440 g/mol. The van der Waals surface area contributed by atoms with Gasteiger partial charge in [-0.15, -0.1) is 0 Å². The molecule has 0 saturated carbocycles. The van der Waals surface area contributed by atoms with Crippen LogP contribution in [0.2, 0.25) is 5.28 Å². The van der Waals surface area contributed by atoms with Crippen molar-refractivity contribution < 1.29 is 9.31 Å². The molecule has 16 aromatic carbocycles. The second kappa shape index (κ2) is 25.7. The molecule has 1 saturated heterocycles. The van der Waals surface area contributed by atoms with Crippen molar-refractivity contribution in [2.24, 2.45) is 0 Å². The molecular formula is C106H70BClN6O2. The van der Waals surface area contributed by atoms with Gasteiger partial charge in [-0.1, -0.05) is 334 Å². The van der Waals surface area contributed by atoms with Gasteiger partial charge in [0.2, 0.25) is 5.28 Å². The smallest absolute Gasteiger partial charge is 0.399 e. The molecule has 25 rings (SSSR count). The summed E-state index contributed by atoms with van der Waals surface area (Å²) < 4.78 is 13.2. The molecule has 8 nitrogen and oxygen atoms in total. The van der Waals surface area contributed by atoms with Gasteiger partial charge in [-0.2, -0.15) is 9.97 Å². The molecule has 0 amide bonds. The third-order valence-electron chi connectivity index (χ3n) is 25.6. The van der Waals surface area contributed by atoms with Crippen LogP contribution < -0.4 is 5.46 Å². The third-order valence-corrected chi connectivity index (χ3v) is 25.8. The Bertz CT molecular complexity index is 7060. The van der Waals surface area contributed by atoms with Crippen LogP contribution in [-0.2, 0) is 20.1 Å². The number of benzene rings is 16. The van der Waals surface area contributed by atoms with Crippen molar-refractivity contribution in [3.05, 3.63) is 402 Å². The van der Waals surface area contributed by atoms with E-state index in [2.05, 4.69) is 297 Å². The fourth-order valence-electron chi connectivity index (χ4n) is 20.0. The van der Waals surface area contributed by atoms with Crippen LogP contribution >= 0.6 is 11.6 Å². The van der Waals surface area contributed by atoms with Crippen LogP contribution in [0, 0.1) is 0 Å². The zero-order chi connectivity index (χ0) is 77.3. The molecule has 10 heteroatoms. The molecule has 0 bridgehead atoms. The summed E-state index contributed by atoms with van der Waals surface area (Å²) in [6, 6.07) is 126. The largest absolute Gasteiger partial charge is 0.494 e. The minimum absolute atomic E-state index is 0.202. The summed E-state index contributed by atoms with van der Waals surface area (Å²) in [5.41, 5.74) is 35.6. The minimum atomic E-state index is -0.524. The number of halogens is 1. The highest BCUT2D eigenvalue weighted by Crippen LogP contribution is 2.68. The van der Waals surface area contributed by atoms with E-state index < -0.39 is 29.2 Å². The van der Waals surface area contributed by atoms with E-state index in [0.29, 0.717) is 29.1 Å². The van der Waals surface area contributed by atoms with Crippen molar-refractivity contribution in [1.82, 2.24) is 29.9 Å². The zero-order valence-electron chi connectivity index (χ0n) is 63.9. The first-order valence-electron chi connectivity index (χ1n) is 39.8. The van der Waals surface area contributed by atoms with Gasteiger partial charge in [0.05, 0.1) is 22.0 Å². The molecule has 1 fully saturated rings. The number of rotatable bonds is 6. The van der Waals surface area contributed by atoms with Gasteiger partial charge < -0.3 is 9.31 Å². The molecule has 2 aromatic heterocycles. The summed E-state index contributed by atoms with van der Waals surface area (Å²) in [5, 5.41) is 5.58. The molecule has 6 aliphatic carbocycles. The molecule has 18 aromatic rings. The third kappa shape index (κ3) is 9.83. The molecule has 116 heavy (non-hydrogen) atoms. The maximum Gasteiger partial charge on any atom is 0.494 e.